The topological polar surface area (TPSA) is 35.2 Å². The fraction of sp³-hybridized carbons (Fsp3) is 0.350. The van der Waals surface area contributed by atoms with Crippen LogP contribution < -0.4 is 4.90 Å². The number of aromatic amines is 1. The minimum absolute atomic E-state index is 0.905. The van der Waals surface area contributed by atoms with E-state index >= 15 is 0 Å². The van der Waals surface area contributed by atoms with Gasteiger partial charge < -0.3 is 9.88 Å². The molecular formula is C20H24N4. The highest BCUT2D eigenvalue weighted by Crippen LogP contribution is 2.19. The number of nitrogens with zero attached hydrogens (tertiary/aromatic N) is 3. The summed E-state index contributed by atoms with van der Waals surface area (Å²) in [6.07, 6.45) is 4.60. The fourth-order valence-corrected chi connectivity index (χ4v) is 3.52. The molecule has 4 nitrogen and oxygen atoms in total. The summed E-state index contributed by atoms with van der Waals surface area (Å²) in [5.74, 6) is 1.12. The SMILES string of the molecule is CN(Cc1ccc(N2CCCC2)nc1)Cc1cc2ccccc2[nH]1. The van der Waals surface area contributed by atoms with Crippen LogP contribution >= 0.6 is 0 Å². The molecule has 4 rings (SSSR count). The molecule has 0 radical (unpaired) electrons. The molecule has 1 aliphatic rings. The zero-order valence-corrected chi connectivity index (χ0v) is 14.2. The predicted octanol–water partition coefficient (Wildman–Crippen LogP) is 3.80. The molecule has 124 valence electrons. The lowest BCUT2D eigenvalue weighted by molar-refractivity contribution is 0.315. The first-order chi connectivity index (χ1) is 11.8. The van der Waals surface area contributed by atoms with Gasteiger partial charge in [-0.2, -0.15) is 0 Å². The maximum Gasteiger partial charge on any atom is 0.128 e. The van der Waals surface area contributed by atoms with E-state index in [1.807, 2.05) is 6.20 Å². The second kappa shape index (κ2) is 6.65. The summed E-state index contributed by atoms with van der Waals surface area (Å²) in [7, 11) is 2.15. The lowest BCUT2D eigenvalue weighted by Crippen LogP contribution is -2.20. The molecule has 4 heteroatoms. The summed E-state index contributed by atoms with van der Waals surface area (Å²) in [5.41, 5.74) is 3.72. The molecule has 0 spiro atoms. The first-order valence-electron chi connectivity index (χ1n) is 8.73. The summed E-state index contributed by atoms with van der Waals surface area (Å²) in [6.45, 7) is 4.10. The van der Waals surface area contributed by atoms with E-state index in [0.717, 1.165) is 32.0 Å². The molecule has 1 aromatic carbocycles. The van der Waals surface area contributed by atoms with E-state index < -0.39 is 0 Å². The van der Waals surface area contributed by atoms with Crippen LogP contribution in [0.25, 0.3) is 10.9 Å². The van der Waals surface area contributed by atoms with Crippen molar-refractivity contribution in [2.75, 3.05) is 25.0 Å². The molecule has 1 aliphatic heterocycles. The zero-order valence-electron chi connectivity index (χ0n) is 14.2. The smallest absolute Gasteiger partial charge is 0.128 e. The Morgan fingerprint density at radius 1 is 1.08 bits per heavy atom. The summed E-state index contributed by atoms with van der Waals surface area (Å²) >= 11 is 0. The Bertz CT molecular complexity index is 767. The monoisotopic (exact) mass is 320 g/mol. The van der Waals surface area contributed by atoms with Crippen LogP contribution in [0.2, 0.25) is 0 Å². The molecule has 2 aromatic heterocycles. The first kappa shape index (κ1) is 15.2. The zero-order chi connectivity index (χ0) is 16.4. The van der Waals surface area contributed by atoms with Crippen LogP contribution in [0.4, 0.5) is 5.82 Å². The average molecular weight is 320 g/mol. The number of H-pyrrole nitrogens is 1. The van der Waals surface area contributed by atoms with Crippen molar-refractivity contribution >= 4 is 16.7 Å². The number of fused-ring (bicyclic) bond motifs is 1. The Hall–Kier alpha value is -2.33. The average Bonchev–Trinajstić information content (AvgIpc) is 3.24. The van der Waals surface area contributed by atoms with Gasteiger partial charge in [-0.3, -0.25) is 4.90 Å². The predicted molar refractivity (Wildman–Crippen MR) is 99.2 cm³/mol. The Kier molecular flexibility index (Phi) is 4.22. The lowest BCUT2D eigenvalue weighted by atomic mass is 10.2. The highest BCUT2D eigenvalue weighted by Gasteiger charge is 2.13. The van der Waals surface area contributed by atoms with E-state index in [9.17, 15) is 0 Å². The van der Waals surface area contributed by atoms with Crippen molar-refractivity contribution in [1.29, 1.82) is 0 Å². The van der Waals surface area contributed by atoms with Crippen molar-refractivity contribution < 1.29 is 0 Å². The molecule has 0 amide bonds. The quantitative estimate of drug-likeness (QED) is 0.777. The molecule has 1 saturated heterocycles. The third kappa shape index (κ3) is 3.29. The van der Waals surface area contributed by atoms with Gasteiger partial charge in [0.1, 0.15) is 5.82 Å². The van der Waals surface area contributed by atoms with E-state index in [1.165, 1.54) is 35.0 Å². The maximum absolute atomic E-state index is 4.65. The number of aromatic nitrogens is 2. The second-order valence-corrected chi connectivity index (χ2v) is 6.77. The Morgan fingerprint density at radius 3 is 2.67 bits per heavy atom. The van der Waals surface area contributed by atoms with E-state index in [4.69, 9.17) is 0 Å². The number of anilines is 1. The van der Waals surface area contributed by atoms with Crippen molar-refractivity contribution in [1.82, 2.24) is 14.9 Å². The molecule has 1 fully saturated rings. The summed E-state index contributed by atoms with van der Waals surface area (Å²) in [5, 5.41) is 1.28. The van der Waals surface area contributed by atoms with Crippen molar-refractivity contribution in [3.63, 3.8) is 0 Å². The molecule has 0 saturated carbocycles. The summed E-state index contributed by atoms with van der Waals surface area (Å²) in [4.78, 5) is 12.8. The molecule has 1 N–H and O–H groups in total. The van der Waals surface area contributed by atoms with E-state index in [0.29, 0.717) is 0 Å². The van der Waals surface area contributed by atoms with Crippen molar-refractivity contribution in [2.24, 2.45) is 0 Å². The molecule has 0 bridgehead atoms. The third-order valence-electron chi connectivity index (χ3n) is 4.72. The van der Waals surface area contributed by atoms with Crippen LogP contribution in [-0.4, -0.2) is 35.0 Å². The molecule has 0 aliphatic carbocycles. The van der Waals surface area contributed by atoms with Crippen LogP contribution in [0.3, 0.4) is 0 Å². The largest absolute Gasteiger partial charge is 0.357 e. The first-order valence-corrected chi connectivity index (χ1v) is 8.73. The number of hydrogen-bond donors (Lipinski definition) is 1. The number of hydrogen-bond acceptors (Lipinski definition) is 3. The van der Waals surface area contributed by atoms with Crippen molar-refractivity contribution in [3.05, 3.63) is 59.9 Å². The molecule has 24 heavy (non-hydrogen) atoms. The van der Waals surface area contributed by atoms with Gasteiger partial charge in [0.25, 0.3) is 0 Å². The van der Waals surface area contributed by atoms with Crippen LogP contribution in [0, 0.1) is 0 Å². The normalized spacial score (nSPS) is 14.8. The minimum atomic E-state index is 0.905. The van der Waals surface area contributed by atoms with Crippen LogP contribution in [0.1, 0.15) is 24.1 Å². The Balaban J connectivity index is 1.39. The van der Waals surface area contributed by atoms with Gasteiger partial charge in [-0.25, -0.2) is 4.98 Å². The van der Waals surface area contributed by atoms with Gasteiger partial charge in [0.15, 0.2) is 0 Å². The summed E-state index contributed by atoms with van der Waals surface area (Å²) in [6, 6.07) is 15.0. The lowest BCUT2D eigenvalue weighted by Gasteiger charge is -2.18. The minimum Gasteiger partial charge on any atom is -0.357 e. The van der Waals surface area contributed by atoms with Crippen LogP contribution in [0.5, 0.6) is 0 Å². The van der Waals surface area contributed by atoms with Crippen molar-refractivity contribution in [2.45, 2.75) is 25.9 Å². The van der Waals surface area contributed by atoms with Crippen molar-refractivity contribution in [3.8, 4) is 0 Å². The molecule has 3 heterocycles. The molecule has 3 aromatic rings. The highest BCUT2D eigenvalue weighted by molar-refractivity contribution is 5.80. The van der Waals surface area contributed by atoms with Gasteiger partial charge in [0.2, 0.25) is 0 Å². The van der Waals surface area contributed by atoms with Gasteiger partial charge in [-0.15, -0.1) is 0 Å². The second-order valence-electron chi connectivity index (χ2n) is 6.77. The molecular weight excluding hydrogens is 296 g/mol. The molecule has 0 atom stereocenters. The standard InChI is InChI=1S/C20H24N4/c1-23(15-18-12-17-6-2-3-7-19(17)22-18)14-16-8-9-20(21-13-16)24-10-4-5-11-24/h2-3,6-9,12-13,22H,4-5,10-11,14-15H2,1H3. The number of pyridine rings is 1. The van der Waals surface area contributed by atoms with Gasteiger partial charge in [-0.05, 0) is 49.0 Å². The summed E-state index contributed by atoms with van der Waals surface area (Å²) < 4.78 is 0. The van der Waals surface area contributed by atoms with E-state index in [-0.39, 0.29) is 0 Å². The third-order valence-corrected chi connectivity index (χ3v) is 4.72. The highest BCUT2D eigenvalue weighted by atomic mass is 15.2. The Labute approximate surface area is 143 Å². The van der Waals surface area contributed by atoms with Gasteiger partial charge in [-0.1, -0.05) is 24.3 Å². The van der Waals surface area contributed by atoms with Gasteiger partial charge >= 0.3 is 0 Å². The fourth-order valence-electron chi connectivity index (χ4n) is 3.52. The molecule has 0 unspecified atom stereocenters. The number of benzene rings is 1. The van der Waals surface area contributed by atoms with Gasteiger partial charge in [0.05, 0.1) is 0 Å². The van der Waals surface area contributed by atoms with Gasteiger partial charge in [0, 0.05) is 43.6 Å². The van der Waals surface area contributed by atoms with E-state index in [1.54, 1.807) is 0 Å². The number of nitrogens with one attached hydrogen (secondary N) is 1. The number of rotatable bonds is 5. The van der Waals surface area contributed by atoms with Crippen LogP contribution in [0.15, 0.2) is 48.7 Å². The Morgan fingerprint density at radius 2 is 1.92 bits per heavy atom. The number of para-hydroxylation sites is 1. The van der Waals surface area contributed by atoms with E-state index in [2.05, 4.69) is 69.3 Å². The maximum atomic E-state index is 4.65. The van der Waals surface area contributed by atoms with Crippen LogP contribution in [-0.2, 0) is 13.1 Å².